The lowest BCUT2D eigenvalue weighted by atomic mass is 9.56. The van der Waals surface area contributed by atoms with E-state index in [1.165, 1.54) is 5.75 Å². The SMILES string of the molecule is [NH3+]CCSC12CC3CC(CC(C3)C1)C2. The first kappa shape index (κ1) is 9.53. The van der Waals surface area contributed by atoms with E-state index in [4.69, 9.17) is 0 Å². The van der Waals surface area contributed by atoms with Gasteiger partial charge < -0.3 is 5.73 Å². The van der Waals surface area contributed by atoms with Crippen molar-refractivity contribution < 1.29 is 5.73 Å². The van der Waals surface area contributed by atoms with Gasteiger partial charge in [0.1, 0.15) is 0 Å². The molecule has 0 heterocycles. The van der Waals surface area contributed by atoms with Gasteiger partial charge in [0.05, 0.1) is 6.54 Å². The Balaban J connectivity index is 1.74. The van der Waals surface area contributed by atoms with Crippen LogP contribution in [0.5, 0.6) is 0 Å². The topological polar surface area (TPSA) is 27.6 Å². The molecular formula is C12H22NS+. The molecule has 0 aliphatic heterocycles. The fourth-order valence-electron chi connectivity index (χ4n) is 4.50. The van der Waals surface area contributed by atoms with Crippen LogP contribution in [0, 0.1) is 17.8 Å². The fourth-order valence-corrected chi connectivity index (χ4v) is 6.13. The van der Waals surface area contributed by atoms with E-state index in [1.54, 1.807) is 38.5 Å². The molecule has 3 N–H and O–H groups in total. The van der Waals surface area contributed by atoms with Crippen LogP contribution in [0.2, 0.25) is 0 Å². The maximum atomic E-state index is 3.98. The predicted octanol–water partition coefficient (Wildman–Crippen LogP) is 1.93. The Bertz CT molecular complexity index is 191. The molecule has 0 spiro atoms. The Morgan fingerprint density at radius 2 is 1.50 bits per heavy atom. The third-order valence-electron chi connectivity index (χ3n) is 4.53. The molecule has 4 bridgehead atoms. The van der Waals surface area contributed by atoms with Crippen LogP contribution in [-0.2, 0) is 0 Å². The summed E-state index contributed by atoms with van der Waals surface area (Å²) in [5.74, 6) is 4.63. The monoisotopic (exact) mass is 212 g/mol. The van der Waals surface area contributed by atoms with Crippen LogP contribution in [0.1, 0.15) is 38.5 Å². The molecule has 0 saturated heterocycles. The van der Waals surface area contributed by atoms with Gasteiger partial charge in [-0.2, -0.15) is 0 Å². The third kappa shape index (κ3) is 1.51. The molecule has 2 heteroatoms. The van der Waals surface area contributed by atoms with Gasteiger partial charge >= 0.3 is 0 Å². The molecule has 4 aliphatic carbocycles. The highest BCUT2D eigenvalue weighted by atomic mass is 32.2. The van der Waals surface area contributed by atoms with E-state index in [2.05, 4.69) is 17.5 Å². The molecule has 0 amide bonds. The summed E-state index contributed by atoms with van der Waals surface area (Å²) >= 11 is 2.27. The number of hydrogen-bond acceptors (Lipinski definition) is 1. The highest BCUT2D eigenvalue weighted by Gasteiger charge is 2.50. The van der Waals surface area contributed by atoms with Crippen LogP contribution < -0.4 is 5.73 Å². The maximum absolute atomic E-state index is 3.98. The Morgan fingerprint density at radius 3 is 1.93 bits per heavy atom. The molecule has 0 unspecified atom stereocenters. The molecule has 14 heavy (non-hydrogen) atoms. The van der Waals surface area contributed by atoms with Crippen LogP contribution in [0.25, 0.3) is 0 Å². The minimum atomic E-state index is 0.729. The summed E-state index contributed by atoms with van der Waals surface area (Å²) in [6.45, 7) is 1.12. The lowest BCUT2D eigenvalue weighted by molar-refractivity contribution is -0.360. The predicted molar refractivity (Wildman–Crippen MR) is 61.1 cm³/mol. The van der Waals surface area contributed by atoms with Gasteiger partial charge in [-0.05, 0) is 56.3 Å². The van der Waals surface area contributed by atoms with Crippen molar-refractivity contribution in [1.82, 2.24) is 0 Å². The first-order chi connectivity index (χ1) is 6.80. The van der Waals surface area contributed by atoms with Gasteiger partial charge in [0.25, 0.3) is 0 Å². The molecule has 0 radical (unpaired) electrons. The van der Waals surface area contributed by atoms with Crippen LogP contribution in [-0.4, -0.2) is 17.0 Å². The zero-order valence-electron chi connectivity index (χ0n) is 9.00. The lowest BCUT2D eigenvalue weighted by Gasteiger charge is -2.56. The Morgan fingerprint density at radius 1 is 1.00 bits per heavy atom. The normalized spacial score (nSPS) is 49.9. The molecule has 4 fully saturated rings. The van der Waals surface area contributed by atoms with Gasteiger partial charge in [-0.25, -0.2) is 0 Å². The van der Waals surface area contributed by atoms with Crippen molar-refractivity contribution in [2.24, 2.45) is 17.8 Å². The quantitative estimate of drug-likeness (QED) is 0.760. The standard InChI is InChI=1S/C12H21NS/c13-1-2-14-12-6-9-3-10(7-12)5-11(4-9)8-12/h9-11H,1-8,13H2/p+1. The van der Waals surface area contributed by atoms with Gasteiger partial charge in [0.15, 0.2) is 0 Å². The summed E-state index contributed by atoms with van der Waals surface area (Å²) in [7, 11) is 0. The van der Waals surface area contributed by atoms with Gasteiger partial charge in [-0.15, -0.1) is 11.8 Å². The molecule has 0 aromatic carbocycles. The summed E-state index contributed by atoms with van der Waals surface area (Å²) in [4.78, 5) is 0. The lowest BCUT2D eigenvalue weighted by Crippen LogP contribution is -2.53. The van der Waals surface area contributed by atoms with Gasteiger partial charge in [0, 0.05) is 10.5 Å². The van der Waals surface area contributed by atoms with Crippen molar-refractivity contribution in [2.75, 3.05) is 12.3 Å². The zero-order valence-corrected chi connectivity index (χ0v) is 9.82. The smallest absolute Gasteiger partial charge is 0.0832 e. The van der Waals surface area contributed by atoms with Crippen molar-refractivity contribution in [3.8, 4) is 0 Å². The van der Waals surface area contributed by atoms with Crippen molar-refractivity contribution in [1.29, 1.82) is 0 Å². The maximum Gasteiger partial charge on any atom is 0.0832 e. The molecule has 4 saturated carbocycles. The van der Waals surface area contributed by atoms with Gasteiger partial charge in [0.2, 0.25) is 0 Å². The zero-order chi connectivity index (χ0) is 9.60. The van der Waals surface area contributed by atoms with Crippen LogP contribution in [0.4, 0.5) is 0 Å². The second-order valence-electron chi connectivity index (χ2n) is 5.80. The van der Waals surface area contributed by atoms with Crippen molar-refractivity contribution >= 4 is 11.8 Å². The molecule has 1 nitrogen and oxygen atoms in total. The Hall–Kier alpha value is 0.310. The number of thioether (sulfide) groups is 1. The van der Waals surface area contributed by atoms with E-state index in [1.807, 2.05) is 0 Å². The molecule has 4 aliphatic rings. The summed E-state index contributed by atoms with van der Waals surface area (Å²) in [5.41, 5.74) is 3.98. The van der Waals surface area contributed by atoms with Gasteiger partial charge in [-0.1, -0.05) is 0 Å². The van der Waals surface area contributed by atoms with E-state index < -0.39 is 0 Å². The van der Waals surface area contributed by atoms with E-state index in [0.717, 1.165) is 29.0 Å². The largest absolute Gasteiger partial charge is 0.357 e. The van der Waals surface area contributed by atoms with E-state index in [-0.39, 0.29) is 0 Å². The van der Waals surface area contributed by atoms with E-state index in [0.29, 0.717) is 0 Å². The molecule has 0 atom stereocenters. The van der Waals surface area contributed by atoms with Crippen molar-refractivity contribution in [2.45, 2.75) is 43.3 Å². The van der Waals surface area contributed by atoms with Crippen molar-refractivity contribution in [3.05, 3.63) is 0 Å². The average Bonchev–Trinajstić information content (AvgIpc) is 2.12. The summed E-state index contributed by atoms with van der Waals surface area (Å²) < 4.78 is 0.729. The Labute approximate surface area is 91.2 Å². The fraction of sp³-hybridized carbons (Fsp3) is 1.00. The van der Waals surface area contributed by atoms with Crippen LogP contribution in [0.3, 0.4) is 0 Å². The number of hydrogen-bond donors (Lipinski definition) is 1. The molecule has 4 rings (SSSR count). The van der Waals surface area contributed by atoms with Crippen molar-refractivity contribution in [3.63, 3.8) is 0 Å². The molecular weight excluding hydrogens is 190 g/mol. The Kier molecular flexibility index (Phi) is 2.32. The second kappa shape index (κ2) is 3.41. The minimum Gasteiger partial charge on any atom is -0.357 e. The average molecular weight is 212 g/mol. The number of rotatable bonds is 3. The molecule has 0 aromatic heterocycles. The summed E-state index contributed by atoms with van der Waals surface area (Å²) in [5, 5.41) is 0. The van der Waals surface area contributed by atoms with Gasteiger partial charge in [-0.3, -0.25) is 0 Å². The highest BCUT2D eigenvalue weighted by Crippen LogP contribution is 2.60. The summed E-state index contributed by atoms with van der Waals surface area (Å²) in [6.07, 6.45) is 9.36. The first-order valence-electron chi connectivity index (χ1n) is 6.23. The van der Waals surface area contributed by atoms with E-state index in [9.17, 15) is 0 Å². The second-order valence-corrected chi connectivity index (χ2v) is 7.37. The minimum absolute atomic E-state index is 0.729. The third-order valence-corrected chi connectivity index (χ3v) is 6.14. The molecule has 0 aromatic rings. The van der Waals surface area contributed by atoms with Crippen LogP contribution >= 0.6 is 11.8 Å². The first-order valence-corrected chi connectivity index (χ1v) is 7.21. The molecule has 80 valence electrons. The number of quaternary nitrogens is 1. The summed E-state index contributed by atoms with van der Waals surface area (Å²) in [6, 6.07) is 0. The van der Waals surface area contributed by atoms with Crippen LogP contribution in [0.15, 0.2) is 0 Å². The highest BCUT2D eigenvalue weighted by molar-refractivity contribution is 8.00. The van der Waals surface area contributed by atoms with E-state index >= 15 is 0 Å².